The number of nitrogens with zero attached hydrogens (tertiary/aromatic N) is 1. The van der Waals surface area contributed by atoms with Crippen LogP contribution in [-0.4, -0.2) is 28.0 Å². The molecule has 1 amide bonds. The number of carbonyl (C=O) groups is 1. The number of rotatable bonds is 8. The van der Waals surface area contributed by atoms with E-state index in [2.05, 4.69) is 17.4 Å². The van der Waals surface area contributed by atoms with Gasteiger partial charge in [-0.05, 0) is 65.7 Å². The molecular weight excluding hydrogens is 448 g/mol. The van der Waals surface area contributed by atoms with Crippen LogP contribution in [0, 0.1) is 0 Å². The second kappa shape index (κ2) is 9.97. The van der Waals surface area contributed by atoms with Crippen molar-refractivity contribution in [3.05, 3.63) is 103 Å². The van der Waals surface area contributed by atoms with E-state index in [1.54, 1.807) is 54.6 Å². The number of amides is 1. The Morgan fingerprint density at radius 3 is 2.24 bits per heavy atom. The molecule has 0 aliphatic carbocycles. The number of carbonyl (C=O) groups excluding carboxylic acids is 1. The summed E-state index contributed by atoms with van der Waals surface area (Å²) in [4.78, 5) is 12.6. The fraction of sp³-hybridized carbons (Fsp3) is 0.148. The lowest BCUT2D eigenvalue weighted by atomic mass is 10.0. The maximum atomic E-state index is 12.8. The van der Waals surface area contributed by atoms with Gasteiger partial charge in [-0.25, -0.2) is 8.42 Å². The highest BCUT2D eigenvalue weighted by Gasteiger charge is 2.21. The summed E-state index contributed by atoms with van der Waals surface area (Å²) < 4.78 is 32.3. The predicted molar refractivity (Wildman–Crippen MR) is 134 cm³/mol. The van der Waals surface area contributed by atoms with Crippen LogP contribution in [0.1, 0.15) is 18.5 Å². The van der Waals surface area contributed by atoms with Crippen molar-refractivity contribution in [3.8, 4) is 5.75 Å². The van der Waals surface area contributed by atoms with Crippen molar-refractivity contribution in [1.29, 1.82) is 0 Å². The number of fused-ring (bicyclic) bond motifs is 1. The van der Waals surface area contributed by atoms with Crippen LogP contribution < -0.4 is 14.4 Å². The Morgan fingerprint density at radius 1 is 0.882 bits per heavy atom. The average Bonchev–Trinajstić information content (AvgIpc) is 2.87. The summed E-state index contributed by atoms with van der Waals surface area (Å²) in [5.41, 5.74) is 1.50. The summed E-state index contributed by atoms with van der Waals surface area (Å²) >= 11 is 0. The SMILES string of the molecule is CC(NC(=O)COc1ccc(N(C)S(=O)(=O)c2ccccc2)cc1)c1ccc2ccccc2c1. The zero-order chi connectivity index (χ0) is 24.1. The Hall–Kier alpha value is -3.84. The van der Waals surface area contributed by atoms with Gasteiger partial charge in [-0.15, -0.1) is 0 Å². The molecule has 0 fully saturated rings. The van der Waals surface area contributed by atoms with Crippen LogP contribution in [0.2, 0.25) is 0 Å². The van der Waals surface area contributed by atoms with Crippen molar-refractivity contribution in [1.82, 2.24) is 5.32 Å². The quantitative estimate of drug-likeness (QED) is 0.393. The minimum atomic E-state index is -3.66. The van der Waals surface area contributed by atoms with E-state index in [-0.39, 0.29) is 23.5 Å². The van der Waals surface area contributed by atoms with E-state index in [0.29, 0.717) is 11.4 Å². The van der Waals surface area contributed by atoms with Crippen molar-refractivity contribution in [2.24, 2.45) is 0 Å². The normalized spacial score (nSPS) is 12.2. The first-order valence-electron chi connectivity index (χ1n) is 10.9. The van der Waals surface area contributed by atoms with Gasteiger partial charge in [-0.3, -0.25) is 9.10 Å². The van der Waals surface area contributed by atoms with Crippen molar-refractivity contribution >= 4 is 32.4 Å². The monoisotopic (exact) mass is 474 g/mol. The van der Waals surface area contributed by atoms with Gasteiger partial charge in [0.2, 0.25) is 0 Å². The van der Waals surface area contributed by atoms with Gasteiger partial charge in [0.25, 0.3) is 15.9 Å². The van der Waals surface area contributed by atoms with Gasteiger partial charge >= 0.3 is 0 Å². The zero-order valence-electron chi connectivity index (χ0n) is 19.0. The first-order valence-corrected chi connectivity index (χ1v) is 12.3. The zero-order valence-corrected chi connectivity index (χ0v) is 19.8. The van der Waals surface area contributed by atoms with Crippen LogP contribution in [0.5, 0.6) is 5.75 Å². The van der Waals surface area contributed by atoms with Gasteiger partial charge in [0.1, 0.15) is 5.75 Å². The smallest absolute Gasteiger partial charge is 0.264 e. The van der Waals surface area contributed by atoms with Crippen molar-refractivity contribution in [2.75, 3.05) is 18.0 Å². The number of sulfonamides is 1. The number of benzene rings is 4. The third kappa shape index (κ3) is 5.21. The summed E-state index contributed by atoms with van der Waals surface area (Å²) in [6.07, 6.45) is 0. The molecule has 1 N–H and O–H groups in total. The van der Waals surface area contributed by atoms with Gasteiger partial charge in [0.05, 0.1) is 16.6 Å². The maximum absolute atomic E-state index is 12.8. The van der Waals surface area contributed by atoms with Crippen LogP contribution in [0.15, 0.2) is 102 Å². The highest BCUT2D eigenvalue weighted by atomic mass is 32.2. The lowest BCUT2D eigenvalue weighted by molar-refractivity contribution is -0.123. The van der Waals surface area contributed by atoms with E-state index in [1.165, 1.54) is 11.4 Å². The van der Waals surface area contributed by atoms with Crippen LogP contribution in [0.25, 0.3) is 10.8 Å². The molecule has 4 aromatic rings. The summed E-state index contributed by atoms with van der Waals surface area (Å²) in [5.74, 6) is 0.233. The molecular formula is C27H26N2O4S. The van der Waals surface area contributed by atoms with Crippen molar-refractivity contribution in [2.45, 2.75) is 17.9 Å². The molecule has 7 heteroatoms. The fourth-order valence-electron chi connectivity index (χ4n) is 3.63. The molecule has 0 spiro atoms. The number of ether oxygens (including phenoxy) is 1. The molecule has 4 rings (SSSR count). The van der Waals surface area contributed by atoms with E-state index in [4.69, 9.17) is 4.74 Å². The number of nitrogens with one attached hydrogen (secondary N) is 1. The first kappa shape index (κ1) is 23.3. The molecule has 174 valence electrons. The topological polar surface area (TPSA) is 75.7 Å². The molecule has 1 unspecified atom stereocenters. The molecule has 0 saturated heterocycles. The highest BCUT2D eigenvalue weighted by Crippen LogP contribution is 2.24. The molecule has 1 atom stereocenters. The van der Waals surface area contributed by atoms with E-state index < -0.39 is 10.0 Å². The Bertz CT molecular complexity index is 1390. The largest absolute Gasteiger partial charge is 0.484 e. The van der Waals surface area contributed by atoms with Gasteiger partial charge in [0, 0.05) is 7.05 Å². The van der Waals surface area contributed by atoms with Crippen LogP contribution in [-0.2, 0) is 14.8 Å². The Morgan fingerprint density at radius 2 is 1.53 bits per heavy atom. The molecule has 0 heterocycles. The van der Waals surface area contributed by atoms with Gasteiger partial charge in [-0.2, -0.15) is 0 Å². The Labute approximate surface area is 199 Å². The van der Waals surface area contributed by atoms with Gasteiger partial charge in [0.15, 0.2) is 6.61 Å². The molecule has 0 aromatic heterocycles. The van der Waals surface area contributed by atoms with Crippen molar-refractivity contribution < 1.29 is 17.9 Å². The lowest BCUT2D eigenvalue weighted by Gasteiger charge is -2.20. The molecule has 0 radical (unpaired) electrons. The molecule has 6 nitrogen and oxygen atoms in total. The second-order valence-corrected chi connectivity index (χ2v) is 9.93. The fourth-order valence-corrected chi connectivity index (χ4v) is 4.85. The van der Waals surface area contributed by atoms with Crippen LogP contribution in [0.3, 0.4) is 0 Å². The minimum absolute atomic E-state index is 0.143. The molecule has 4 aromatic carbocycles. The minimum Gasteiger partial charge on any atom is -0.484 e. The summed E-state index contributed by atoms with van der Waals surface area (Å²) in [6.45, 7) is 1.79. The van der Waals surface area contributed by atoms with E-state index in [0.717, 1.165) is 16.3 Å². The maximum Gasteiger partial charge on any atom is 0.264 e. The van der Waals surface area contributed by atoms with E-state index in [1.807, 2.05) is 37.3 Å². The Balaban J connectivity index is 1.34. The second-order valence-electron chi connectivity index (χ2n) is 7.96. The summed E-state index contributed by atoms with van der Waals surface area (Å²) in [6, 6.07) is 28.9. The first-order chi connectivity index (χ1) is 16.3. The molecule has 34 heavy (non-hydrogen) atoms. The third-order valence-corrected chi connectivity index (χ3v) is 7.42. The van der Waals surface area contributed by atoms with E-state index in [9.17, 15) is 13.2 Å². The summed E-state index contributed by atoms with van der Waals surface area (Å²) in [7, 11) is -2.16. The highest BCUT2D eigenvalue weighted by molar-refractivity contribution is 7.92. The van der Waals surface area contributed by atoms with Gasteiger partial charge in [-0.1, -0.05) is 54.6 Å². The van der Waals surface area contributed by atoms with Gasteiger partial charge < -0.3 is 10.1 Å². The molecule has 0 aliphatic heterocycles. The lowest BCUT2D eigenvalue weighted by Crippen LogP contribution is -2.31. The van der Waals surface area contributed by atoms with Crippen LogP contribution >= 0.6 is 0 Å². The summed E-state index contributed by atoms with van der Waals surface area (Å²) in [5, 5.41) is 5.22. The number of hydrogen-bond donors (Lipinski definition) is 1. The van der Waals surface area contributed by atoms with Crippen LogP contribution in [0.4, 0.5) is 5.69 Å². The Kier molecular flexibility index (Phi) is 6.84. The molecule has 0 bridgehead atoms. The third-order valence-electron chi connectivity index (χ3n) is 5.62. The predicted octanol–water partition coefficient (Wildman–Crippen LogP) is 4.92. The van der Waals surface area contributed by atoms with E-state index >= 15 is 0 Å². The number of hydrogen-bond acceptors (Lipinski definition) is 4. The standard InChI is InChI=1S/C27H26N2O4S/c1-20(22-13-12-21-8-6-7-9-23(21)18-22)28-27(30)19-33-25-16-14-24(15-17-25)29(2)34(31,32)26-10-4-3-5-11-26/h3-18,20H,19H2,1-2H3,(H,28,30). The average molecular weight is 475 g/mol. The number of anilines is 1. The molecule has 0 aliphatic rings. The molecule has 0 saturated carbocycles. The van der Waals surface area contributed by atoms with Crippen molar-refractivity contribution in [3.63, 3.8) is 0 Å².